The molecule has 0 aliphatic carbocycles. The summed E-state index contributed by atoms with van der Waals surface area (Å²) < 4.78 is 11.5. The minimum atomic E-state index is -0.849. The standard InChI is InChI=1S/C7H12N2OS2/c1-6(2-8)12(10)4-7-3-9-5-11-7/h3,5-6H,2,4,8H2,1H3. The summed E-state index contributed by atoms with van der Waals surface area (Å²) in [5, 5.41) is 0.0760. The van der Waals surface area contributed by atoms with E-state index in [9.17, 15) is 4.21 Å². The van der Waals surface area contributed by atoms with Gasteiger partial charge in [0, 0.05) is 33.7 Å². The molecule has 5 heteroatoms. The monoisotopic (exact) mass is 204 g/mol. The van der Waals surface area contributed by atoms with Crippen LogP contribution >= 0.6 is 11.3 Å². The van der Waals surface area contributed by atoms with Crippen LogP contribution in [0.1, 0.15) is 11.8 Å². The van der Waals surface area contributed by atoms with Gasteiger partial charge in [-0.2, -0.15) is 0 Å². The van der Waals surface area contributed by atoms with E-state index in [1.165, 1.54) is 11.3 Å². The molecular formula is C7H12N2OS2. The number of hydrogen-bond donors (Lipinski definition) is 1. The molecule has 0 spiro atoms. The van der Waals surface area contributed by atoms with E-state index in [0.717, 1.165) is 4.88 Å². The summed E-state index contributed by atoms with van der Waals surface area (Å²) in [6.07, 6.45) is 1.76. The molecule has 0 radical (unpaired) electrons. The average Bonchev–Trinajstić information content (AvgIpc) is 2.55. The van der Waals surface area contributed by atoms with E-state index >= 15 is 0 Å². The Balaban J connectivity index is 2.47. The normalized spacial score (nSPS) is 15.8. The first-order chi connectivity index (χ1) is 5.74. The molecular weight excluding hydrogens is 192 g/mol. The topological polar surface area (TPSA) is 56.0 Å². The molecule has 0 aliphatic heterocycles. The molecule has 1 rings (SSSR count). The van der Waals surface area contributed by atoms with Crippen LogP contribution in [0.2, 0.25) is 0 Å². The van der Waals surface area contributed by atoms with E-state index in [1.807, 2.05) is 6.92 Å². The van der Waals surface area contributed by atoms with Crippen LogP contribution in [0.5, 0.6) is 0 Å². The second kappa shape index (κ2) is 4.69. The highest BCUT2D eigenvalue weighted by molar-refractivity contribution is 7.85. The lowest BCUT2D eigenvalue weighted by Crippen LogP contribution is -2.22. The maximum Gasteiger partial charge on any atom is 0.0794 e. The number of thiazole rings is 1. The highest BCUT2D eigenvalue weighted by Gasteiger charge is 2.09. The molecule has 0 bridgehead atoms. The van der Waals surface area contributed by atoms with Crippen molar-refractivity contribution in [2.24, 2.45) is 5.73 Å². The maximum atomic E-state index is 11.5. The molecule has 0 aromatic carbocycles. The average molecular weight is 204 g/mol. The minimum Gasteiger partial charge on any atom is -0.329 e. The lowest BCUT2D eigenvalue weighted by Gasteiger charge is -2.05. The third-order valence-electron chi connectivity index (χ3n) is 1.55. The number of nitrogens with two attached hydrogens (primary N) is 1. The quantitative estimate of drug-likeness (QED) is 0.787. The zero-order valence-electron chi connectivity index (χ0n) is 6.90. The van der Waals surface area contributed by atoms with Crippen LogP contribution in [0.4, 0.5) is 0 Å². The number of aromatic nitrogens is 1. The molecule has 0 saturated carbocycles. The Morgan fingerprint density at radius 1 is 1.83 bits per heavy atom. The summed E-state index contributed by atoms with van der Waals surface area (Å²) in [7, 11) is -0.849. The van der Waals surface area contributed by atoms with Crippen LogP contribution in [0.25, 0.3) is 0 Å². The van der Waals surface area contributed by atoms with E-state index in [2.05, 4.69) is 4.98 Å². The molecule has 1 aromatic rings. The summed E-state index contributed by atoms with van der Waals surface area (Å²) in [5.74, 6) is 0.586. The van der Waals surface area contributed by atoms with Crippen LogP contribution in [0, 0.1) is 0 Å². The van der Waals surface area contributed by atoms with Gasteiger partial charge in [0.2, 0.25) is 0 Å². The number of hydrogen-bond acceptors (Lipinski definition) is 4. The van der Waals surface area contributed by atoms with Gasteiger partial charge in [-0.3, -0.25) is 9.19 Å². The van der Waals surface area contributed by atoms with Crippen molar-refractivity contribution >= 4 is 22.1 Å². The van der Waals surface area contributed by atoms with Gasteiger partial charge in [-0.15, -0.1) is 11.3 Å². The molecule has 0 aliphatic rings. The van der Waals surface area contributed by atoms with Gasteiger partial charge < -0.3 is 5.73 Å². The van der Waals surface area contributed by atoms with E-state index in [4.69, 9.17) is 5.73 Å². The SMILES string of the molecule is CC(CN)S(=O)Cc1cncs1. The molecule has 0 amide bonds. The minimum absolute atomic E-state index is 0.0760. The third kappa shape index (κ3) is 2.66. The van der Waals surface area contributed by atoms with Gasteiger partial charge in [-0.1, -0.05) is 0 Å². The van der Waals surface area contributed by atoms with Crippen molar-refractivity contribution in [2.75, 3.05) is 6.54 Å². The van der Waals surface area contributed by atoms with Gasteiger partial charge in [-0.05, 0) is 6.92 Å². The molecule has 2 unspecified atom stereocenters. The fourth-order valence-electron chi connectivity index (χ4n) is 0.703. The van der Waals surface area contributed by atoms with Crippen LogP contribution in [-0.2, 0) is 16.6 Å². The molecule has 12 heavy (non-hydrogen) atoms. The zero-order valence-corrected chi connectivity index (χ0v) is 8.53. The van der Waals surface area contributed by atoms with Crippen molar-refractivity contribution in [3.8, 4) is 0 Å². The Kier molecular flexibility index (Phi) is 3.84. The predicted molar refractivity (Wildman–Crippen MR) is 52.5 cm³/mol. The van der Waals surface area contributed by atoms with Gasteiger partial charge in [0.05, 0.1) is 11.3 Å². The first-order valence-corrected chi connectivity index (χ1v) is 5.95. The second-order valence-electron chi connectivity index (χ2n) is 2.54. The van der Waals surface area contributed by atoms with Crippen molar-refractivity contribution in [3.05, 3.63) is 16.6 Å². The molecule has 1 aromatic heterocycles. The summed E-state index contributed by atoms with van der Waals surface area (Å²) in [5.41, 5.74) is 7.15. The second-order valence-corrected chi connectivity index (χ2v) is 5.36. The van der Waals surface area contributed by atoms with Gasteiger partial charge >= 0.3 is 0 Å². The fourth-order valence-corrected chi connectivity index (χ4v) is 2.56. The summed E-state index contributed by atoms with van der Waals surface area (Å²) in [6.45, 7) is 2.38. The smallest absolute Gasteiger partial charge is 0.0794 e. The van der Waals surface area contributed by atoms with Crippen LogP contribution < -0.4 is 5.73 Å². The molecule has 68 valence electrons. The molecule has 2 N–H and O–H groups in total. The van der Waals surface area contributed by atoms with E-state index < -0.39 is 10.8 Å². The van der Waals surface area contributed by atoms with Crippen molar-refractivity contribution in [1.82, 2.24) is 4.98 Å². The van der Waals surface area contributed by atoms with Gasteiger partial charge in [0.1, 0.15) is 0 Å². The highest BCUT2D eigenvalue weighted by atomic mass is 32.2. The van der Waals surface area contributed by atoms with Crippen LogP contribution in [-0.4, -0.2) is 21.0 Å². The van der Waals surface area contributed by atoms with Gasteiger partial charge in [-0.25, -0.2) is 0 Å². The Morgan fingerprint density at radius 2 is 2.58 bits per heavy atom. The summed E-state index contributed by atoms with van der Waals surface area (Å²) in [4.78, 5) is 4.98. The first kappa shape index (κ1) is 9.83. The predicted octanol–water partition coefficient (Wildman–Crippen LogP) is 0.739. The maximum absolute atomic E-state index is 11.5. The lowest BCUT2D eigenvalue weighted by atomic mass is 10.5. The van der Waals surface area contributed by atoms with Gasteiger partial charge in [0.15, 0.2) is 0 Å². The molecule has 3 nitrogen and oxygen atoms in total. The highest BCUT2D eigenvalue weighted by Crippen LogP contribution is 2.10. The Hall–Kier alpha value is -0.260. The van der Waals surface area contributed by atoms with Crippen molar-refractivity contribution in [3.63, 3.8) is 0 Å². The first-order valence-electron chi connectivity index (χ1n) is 3.68. The lowest BCUT2D eigenvalue weighted by molar-refractivity contribution is 0.673. The molecule has 0 saturated heterocycles. The van der Waals surface area contributed by atoms with Crippen molar-refractivity contribution in [1.29, 1.82) is 0 Å². The van der Waals surface area contributed by atoms with Gasteiger partial charge in [0.25, 0.3) is 0 Å². The molecule has 0 fully saturated rings. The molecule has 2 atom stereocenters. The van der Waals surface area contributed by atoms with Crippen molar-refractivity contribution in [2.45, 2.75) is 17.9 Å². The fraction of sp³-hybridized carbons (Fsp3) is 0.571. The molecule has 1 heterocycles. The van der Waals surface area contributed by atoms with E-state index in [1.54, 1.807) is 11.7 Å². The van der Waals surface area contributed by atoms with Crippen molar-refractivity contribution < 1.29 is 4.21 Å². The Morgan fingerprint density at radius 3 is 3.08 bits per heavy atom. The number of rotatable bonds is 4. The summed E-state index contributed by atoms with van der Waals surface area (Å²) in [6, 6.07) is 0. The Labute approximate surface area is 78.5 Å². The Bertz CT molecular complexity index is 248. The largest absolute Gasteiger partial charge is 0.329 e. The van der Waals surface area contributed by atoms with E-state index in [0.29, 0.717) is 12.3 Å². The van der Waals surface area contributed by atoms with Crippen LogP contribution in [0.3, 0.4) is 0 Å². The number of nitrogens with zero attached hydrogens (tertiary/aromatic N) is 1. The third-order valence-corrected chi connectivity index (χ3v) is 4.20. The zero-order chi connectivity index (χ0) is 8.97. The van der Waals surface area contributed by atoms with E-state index in [-0.39, 0.29) is 5.25 Å². The van der Waals surface area contributed by atoms with Crippen LogP contribution in [0.15, 0.2) is 11.7 Å². The summed E-state index contributed by atoms with van der Waals surface area (Å²) >= 11 is 1.53.